The minimum absolute atomic E-state index is 1.06. The van der Waals surface area contributed by atoms with E-state index in [1.165, 1.54) is 122 Å². The van der Waals surface area contributed by atoms with Crippen molar-refractivity contribution in [1.29, 1.82) is 0 Å². The van der Waals surface area contributed by atoms with Crippen LogP contribution in [0, 0.1) is 0 Å². The molecule has 1 nitrogen and oxygen atoms in total. The van der Waals surface area contributed by atoms with Gasteiger partial charge in [0.15, 0.2) is 0 Å². The van der Waals surface area contributed by atoms with E-state index >= 15 is 0 Å². The van der Waals surface area contributed by atoms with Gasteiger partial charge >= 0.3 is 0 Å². The standard InChI is InChI=1S/C23H51NSi/c1-5-7-8-9-10-11-12-13-14-15-16-17-18-19-20-21-22-24-25(3,4)23-6-2/h24H,5-23H2,1-4H3. The average Bonchev–Trinajstić information content (AvgIpc) is 2.57. The van der Waals surface area contributed by atoms with Gasteiger partial charge < -0.3 is 4.98 Å². The van der Waals surface area contributed by atoms with Crippen LogP contribution in [0.2, 0.25) is 19.1 Å². The first-order valence-corrected chi connectivity index (χ1v) is 15.1. The highest BCUT2D eigenvalue weighted by Gasteiger charge is 2.17. The number of nitrogens with one attached hydrogen (secondary N) is 1. The Kier molecular flexibility index (Phi) is 19.1. The van der Waals surface area contributed by atoms with Crippen LogP contribution in [0.1, 0.15) is 123 Å². The largest absolute Gasteiger partial charge is 0.337 e. The van der Waals surface area contributed by atoms with Crippen LogP contribution in [-0.2, 0) is 0 Å². The summed E-state index contributed by atoms with van der Waals surface area (Å²) in [4.78, 5) is 3.85. The third kappa shape index (κ3) is 20.3. The summed E-state index contributed by atoms with van der Waals surface area (Å²) in [6.07, 6.45) is 24.7. The maximum absolute atomic E-state index is 3.85. The Morgan fingerprint density at radius 1 is 0.480 bits per heavy atom. The summed E-state index contributed by atoms with van der Waals surface area (Å²) in [7, 11) is -1.06. The molecule has 0 aromatic carbocycles. The van der Waals surface area contributed by atoms with Crippen molar-refractivity contribution < 1.29 is 0 Å². The first-order chi connectivity index (χ1) is 12.1. The molecule has 0 aliphatic rings. The lowest BCUT2D eigenvalue weighted by Gasteiger charge is -2.23. The van der Waals surface area contributed by atoms with Crippen molar-refractivity contribution in [1.82, 2.24) is 4.98 Å². The maximum Gasteiger partial charge on any atom is 0.119 e. The van der Waals surface area contributed by atoms with Crippen LogP contribution in [0.25, 0.3) is 0 Å². The monoisotopic (exact) mass is 369 g/mol. The van der Waals surface area contributed by atoms with Gasteiger partial charge in [-0.2, -0.15) is 0 Å². The first kappa shape index (κ1) is 25.2. The second-order valence-corrected chi connectivity index (χ2v) is 13.5. The Morgan fingerprint density at radius 3 is 1.20 bits per heavy atom. The molecule has 0 fully saturated rings. The molecule has 0 rings (SSSR count). The van der Waals surface area contributed by atoms with Crippen molar-refractivity contribution in [2.75, 3.05) is 6.54 Å². The molecule has 0 aliphatic heterocycles. The molecule has 0 heterocycles. The SMILES string of the molecule is CCCCCCCCCCCCCCCCCCN[Si](C)(C)CCC. The molecule has 0 aliphatic carbocycles. The van der Waals surface area contributed by atoms with Crippen molar-refractivity contribution >= 4 is 8.24 Å². The van der Waals surface area contributed by atoms with Crippen LogP contribution in [0.15, 0.2) is 0 Å². The summed E-state index contributed by atoms with van der Waals surface area (Å²) in [5.41, 5.74) is 0. The Balaban J connectivity index is 3.10. The molecule has 0 unspecified atom stereocenters. The molecule has 0 saturated heterocycles. The lowest BCUT2D eigenvalue weighted by atomic mass is 10.0. The molecule has 0 radical (unpaired) electrons. The zero-order chi connectivity index (χ0) is 18.6. The van der Waals surface area contributed by atoms with E-state index in [0.29, 0.717) is 0 Å². The molecule has 0 bridgehead atoms. The fraction of sp³-hybridized carbons (Fsp3) is 1.00. The number of hydrogen-bond donors (Lipinski definition) is 1. The summed E-state index contributed by atoms with van der Waals surface area (Å²) < 4.78 is 0. The van der Waals surface area contributed by atoms with E-state index in [0.717, 1.165) is 0 Å². The summed E-state index contributed by atoms with van der Waals surface area (Å²) in [6, 6.07) is 1.42. The second kappa shape index (κ2) is 19.0. The minimum atomic E-state index is -1.06. The first-order valence-electron chi connectivity index (χ1n) is 11.9. The molecule has 2 heteroatoms. The molecule has 0 spiro atoms. The molecule has 0 aromatic heterocycles. The van der Waals surface area contributed by atoms with Gasteiger partial charge in [-0.05, 0) is 19.0 Å². The highest BCUT2D eigenvalue weighted by Crippen LogP contribution is 2.14. The zero-order valence-electron chi connectivity index (χ0n) is 18.4. The van der Waals surface area contributed by atoms with E-state index in [1.54, 1.807) is 0 Å². The smallest absolute Gasteiger partial charge is 0.119 e. The van der Waals surface area contributed by atoms with Crippen LogP contribution >= 0.6 is 0 Å². The van der Waals surface area contributed by atoms with Crippen LogP contribution in [-0.4, -0.2) is 14.8 Å². The van der Waals surface area contributed by atoms with Crippen molar-refractivity contribution in [3.63, 3.8) is 0 Å². The Morgan fingerprint density at radius 2 is 0.840 bits per heavy atom. The maximum atomic E-state index is 3.85. The predicted octanol–water partition coefficient (Wildman–Crippen LogP) is 8.45. The normalized spacial score (nSPS) is 12.0. The molecular weight excluding hydrogens is 318 g/mol. The van der Waals surface area contributed by atoms with Gasteiger partial charge in [0.25, 0.3) is 0 Å². The quantitative estimate of drug-likeness (QED) is 0.168. The summed E-state index contributed by atoms with van der Waals surface area (Å²) in [5.74, 6) is 0. The molecule has 25 heavy (non-hydrogen) atoms. The van der Waals surface area contributed by atoms with Crippen LogP contribution in [0.3, 0.4) is 0 Å². The molecule has 0 aromatic rings. The van der Waals surface area contributed by atoms with Crippen LogP contribution < -0.4 is 4.98 Å². The Hall–Kier alpha value is 0.177. The molecule has 0 amide bonds. The number of rotatable bonds is 20. The molecule has 0 atom stereocenters. The summed E-state index contributed by atoms with van der Waals surface area (Å²) in [6.45, 7) is 10.8. The lowest BCUT2D eigenvalue weighted by Crippen LogP contribution is -2.44. The van der Waals surface area contributed by atoms with E-state index in [-0.39, 0.29) is 0 Å². The third-order valence-corrected chi connectivity index (χ3v) is 8.47. The van der Waals surface area contributed by atoms with Gasteiger partial charge in [-0.1, -0.05) is 130 Å². The third-order valence-electron chi connectivity index (χ3n) is 5.51. The topological polar surface area (TPSA) is 12.0 Å². The van der Waals surface area contributed by atoms with Crippen LogP contribution in [0.5, 0.6) is 0 Å². The van der Waals surface area contributed by atoms with Crippen molar-refractivity contribution in [2.45, 2.75) is 142 Å². The van der Waals surface area contributed by atoms with E-state index in [2.05, 4.69) is 31.9 Å². The molecule has 152 valence electrons. The van der Waals surface area contributed by atoms with Gasteiger partial charge in [-0.15, -0.1) is 0 Å². The number of hydrogen-bond acceptors (Lipinski definition) is 1. The van der Waals surface area contributed by atoms with E-state index < -0.39 is 8.24 Å². The molecule has 1 N–H and O–H groups in total. The van der Waals surface area contributed by atoms with Gasteiger partial charge in [0.2, 0.25) is 0 Å². The van der Waals surface area contributed by atoms with Gasteiger partial charge in [0.05, 0.1) is 0 Å². The van der Waals surface area contributed by atoms with Crippen molar-refractivity contribution in [2.24, 2.45) is 0 Å². The summed E-state index contributed by atoms with van der Waals surface area (Å²) >= 11 is 0. The fourth-order valence-corrected chi connectivity index (χ4v) is 6.09. The minimum Gasteiger partial charge on any atom is -0.337 e. The molecule has 0 saturated carbocycles. The highest BCUT2D eigenvalue weighted by atomic mass is 28.3. The van der Waals surface area contributed by atoms with Crippen molar-refractivity contribution in [3.8, 4) is 0 Å². The second-order valence-electron chi connectivity index (χ2n) is 8.86. The van der Waals surface area contributed by atoms with E-state index in [9.17, 15) is 0 Å². The molecular formula is C23H51NSi. The van der Waals surface area contributed by atoms with E-state index in [1.807, 2.05) is 0 Å². The van der Waals surface area contributed by atoms with Gasteiger partial charge in [0.1, 0.15) is 8.24 Å². The Bertz CT molecular complexity index is 252. The lowest BCUT2D eigenvalue weighted by molar-refractivity contribution is 0.529. The van der Waals surface area contributed by atoms with Crippen LogP contribution in [0.4, 0.5) is 0 Å². The van der Waals surface area contributed by atoms with Gasteiger partial charge in [-0.25, -0.2) is 0 Å². The average molecular weight is 370 g/mol. The number of unbranched alkanes of at least 4 members (excludes halogenated alkanes) is 15. The van der Waals surface area contributed by atoms with Gasteiger partial charge in [0, 0.05) is 0 Å². The zero-order valence-corrected chi connectivity index (χ0v) is 19.4. The Labute approximate surface area is 162 Å². The fourth-order valence-electron chi connectivity index (χ4n) is 3.81. The van der Waals surface area contributed by atoms with Crippen molar-refractivity contribution in [3.05, 3.63) is 0 Å². The van der Waals surface area contributed by atoms with E-state index in [4.69, 9.17) is 0 Å². The highest BCUT2D eigenvalue weighted by molar-refractivity contribution is 6.74. The van der Waals surface area contributed by atoms with Gasteiger partial charge in [-0.3, -0.25) is 0 Å². The predicted molar refractivity (Wildman–Crippen MR) is 120 cm³/mol. The summed E-state index contributed by atoms with van der Waals surface area (Å²) in [5, 5.41) is 0.